The number of fused-ring (bicyclic) bond motifs is 12. The van der Waals surface area contributed by atoms with Crippen molar-refractivity contribution in [2.24, 2.45) is 0 Å². The zero-order valence-corrected chi connectivity index (χ0v) is 38.9. The highest BCUT2D eigenvalue weighted by Gasteiger charge is 2.21. The van der Waals surface area contributed by atoms with Crippen molar-refractivity contribution in [2.75, 3.05) is 0 Å². The van der Waals surface area contributed by atoms with Gasteiger partial charge in [-0.2, -0.15) is 0 Å². The molecular formula is C63H36N4OS2. The zero-order valence-electron chi connectivity index (χ0n) is 37.3. The summed E-state index contributed by atoms with van der Waals surface area (Å²) in [7, 11) is 0. The summed E-state index contributed by atoms with van der Waals surface area (Å²) in [5.74, 6) is 1.84. The Bertz CT molecular complexity index is 4480. The molecule has 0 radical (unpaired) electrons. The number of nitrogens with zero attached hydrogens (tertiary/aromatic N) is 4. The Morgan fingerprint density at radius 1 is 0.314 bits per heavy atom. The monoisotopic (exact) mass is 928 g/mol. The van der Waals surface area contributed by atoms with E-state index in [1.54, 1.807) is 22.7 Å². The van der Waals surface area contributed by atoms with Crippen molar-refractivity contribution in [1.82, 2.24) is 19.5 Å². The molecule has 15 aromatic rings. The predicted molar refractivity (Wildman–Crippen MR) is 294 cm³/mol. The van der Waals surface area contributed by atoms with Gasteiger partial charge in [-0.1, -0.05) is 146 Å². The van der Waals surface area contributed by atoms with E-state index in [0.717, 1.165) is 66.6 Å². The molecule has 7 heteroatoms. The molecule has 70 heavy (non-hydrogen) atoms. The minimum atomic E-state index is 0.593. The maximum absolute atomic E-state index is 6.66. The van der Waals surface area contributed by atoms with Crippen LogP contribution >= 0.6 is 22.7 Å². The largest absolute Gasteiger partial charge is 0.456 e. The molecule has 0 spiro atoms. The Labute approximate surface area is 408 Å². The van der Waals surface area contributed by atoms with Crippen molar-refractivity contribution in [3.8, 4) is 62.1 Å². The van der Waals surface area contributed by atoms with Crippen LogP contribution in [0.4, 0.5) is 0 Å². The third-order valence-electron chi connectivity index (χ3n) is 13.9. The average Bonchev–Trinajstić information content (AvgIpc) is 4.19. The van der Waals surface area contributed by atoms with E-state index < -0.39 is 0 Å². The van der Waals surface area contributed by atoms with Gasteiger partial charge in [0, 0.05) is 84.3 Å². The lowest BCUT2D eigenvalue weighted by molar-refractivity contribution is 0.669. The van der Waals surface area contributed by atoms with Crippen molar-refractivity contribution >= 4 is 107 Å². The molecule has 0 aliphatic carbocycles. The maximum atomic E-state index is 6.66. The van der Waals surface area contributed by atoms with Gasteiger partial charge in [-0.05, 0) is 95.1 Å². The summed E-state index contributed by atoms with van der Waals surface area (Å²) >= 11 is 3.59. The minimum absolute atomic E-state index is 0.593. The summed E-state index contributed by atoms with van der Waals surface area (Å²) in [5.41, 5.74) is 12.4. The fourth-order valence-electron chi connectivity index (χ4n) is 10.6. The average molecular weight is 929 g/mol. The van der Waals surface area contributed by atoms with Crippen molar-refractivity contribution in [1.29, 1.82) is 0 Å². The number of benzene rings is 10. The SMILES string of the molecule is c1ccc(-n2c3ccccc3c3cc(-c4ccccc4-c4ccc5oc6cccc(-c7nc(-c8ccc9c(c8)sc8ccccc89)nc(-c8ccc9c(c8)sc8ccccc89)n7)c6c5c4)ccc32)cc1. The molecule has 0 atom stereocenters. The molecule has 0 N–H and O–H groups in total. The van der Waals surface area contributed by atoms with E-state index in [4.69, 9.17) is 19.4 Å². The van der Waals surface area contributed by atoms with Gasteiger partial charge in [0.05, 0.1) is 11.0 Å². The van der Waals surface area contributed by atoms with E-state index in [2.05, 4.69) is 211 Å². The molecule has 5 aromatic heterocycles. The Hall–Kier alpha value is -8.75. The molecule has 5 nitrogen and oxygen atoms in total. The lowest BCUT2D eigenvalue weighted by atomic mass is 9.92. The lowest BCUT2D eigenvalue weighted by Gasteiger charge is -2.12. The predicted octanol–water partition coefficient (Wildman–Crippen LogP) is 17.9. The van der Waals surface area contributed by atoms with Gasteiger partial charge < -0.3 is 8.98 Å². The Balaban J connectivity index is 0.898. The Kier molecular flexibility index (Phi) is 8.63. The summed E-state index contributed by atoms with van der Waals surface area (Å²) < 4.78 is 13.9. The van der Waals surface area contributed by atoms with Crippen molar-refractivity contribution < 1.29 is 4.42 Å². The van der Waals surface area contributed by atoms with E-state index in [9.17, 15) is 0 Å². The number of aromatic nitrogens is 4. The van der Waals surface area contributed by atoms with Crippen LogP contribution in [-0.4, -0.2) is 19.5 Å². The molecule has 15 rings (SSSR count). The molecule has 0 unspecified atom stereocenters. The van der Waals surface area contributed by atoms with Crippen molar-refractivity contribution in [3.05, 3.63) is 218 Å². The van der Waals surface area contributed by atoms with E-state index in [1.165, 1.54) is 62.2 Å². The van der Waals surface area contributed by atoms with Crippen molar-refractivity contribution in [2.45, 2.75) is 0 Å². The van der Waals surface area contributed by atoms with E-state index in [1.807, 2.05) is 12.1 Å². The van der Waals surface area contributed by atoms with Crippen LogP contribution in [0.5, 0.6) is 0 Å². The van der Waals surface area contributed by atoms with E-state index >= 15 is 0 Å². The summed E-state index contributed by atoms with van der Waals surface area (Å²) in [6.45, 7) is 0. The fraction of sp³-hybridized carbons (Fsp3) is 0. The van der Waals surface area contributed by atoms with Crippen LogP contribution < -0.4 is 0 Å². The molecule has 10 aromatic carbocycles. The number of hydrogen-bond acceptors (Lipinski definition) is 6. The summed E-state index contributed by atoms with van der Waals surface area (Å²) in [5, 5.41) is 9.40. The van der Waals surface area contributed by atoms with Crippen LogP contribution in [0.15, 0.2) is 223 Å². The second kappa shape index (κ2) is 15.4. The van der Waals surface area contributed by atoms with Gasteiger partial charge in [0.15, 0.2) is 17.5 Å². The van der Waals surface area contributed by atoms with Gasteiger partial charge in [0.25, 0.3) is 0 Å². The van der Waals surface area contributed by atoms with Gasteiger partial charge >= 0.3 is 0 Å². The van der Waals surface area contributed by atoms with Crippen molar-refractivity contribution in [3.63, 3.8) is 0 Å². The first-order valence-electron chi connectivity index (χ1n) is 23.4. The number of hydrogen-bond donors (Lipinski definition) is 0. The molecule has 0 saturated carbocycles. The second-order valence-corrected chi connectivity index (χ2v) is 20.0. The number of thiophene rings is 2. The fourth-order valence-corrected chi connectivity index (χ4v) is 12.9. The molecule has 0 aliphatic heterocycles. The quantitative estimate of drug-likeness (QED) is 0.167. The zero-order chi connectivity index (χ0) is 45.9. The normalized spacial score (nSPS) is 12.0. The lowest BCUT2D eigenvalue weighted by Crippen LogP contribution is -2.00. The number of para-hydroxylation sites is 2. The van der Waals surface area contributed by atoms with Crippen LogP contribution in [-0.2, 0) is 0 Å². The molecule has 5 heterocycles. The van der Waals surface area contributed by atoms with Gasteiger partial charge in [-0.3, -0.25) is 0 Å². The minimum Gasteiger partial charge on any atom is -0.456 e. The van der Waals surface area contributed by atoms with Crippen LogP contribution in [0.25, 0.3) is 146 Å². The first-order chi connectivity index (χ1) is 34.7. The Morgan fingerprint density at radius 3 is 1.51 bits per heavy atom. The number of rotatable bonds is 6. The summed E-state index contributed by atoms with van der Waals surface area (Å²) in [6, 6.07) is 78.0. The first-order valence-corrected chi connectivity index (χ1v) is 25.0. The third-order valence-corrected chi connectivity index (χ3v) is 16.1. The standard InChI is InChI=1S/C63H36N4OS2/c1-2-13-41(14-3-1)67-52-21-9-6-17-44(52)50-33-37(27-31-53(50)67)42-15-4-5-16-43(42)38-28-32-54-51(34-38)60-49(20-12-22-55(60)68-54)63-65-61(39-25-29-47-45-18-7-10-23-56(45)69-58(47)35-39)64-62(66-63)40-26-30-48-46-19-8-11-24-57(46)70-59(48)36-40/h1-36H. The maximum Gasteiger partial charge on any atom is 0.164 e. The summed E-state index contributed by atoms with van der Waals surface area (Å²) in [6.07, 6.45) is 0. The smallest absolute Gasteiger partial charge is 0.164 e. The third kappa shape index (κ3) is 6.12. The van der Waals surface area contributed by atoms with E-state index in [0.29, 0.717) is 17.5 Å². The molecule has 0 saturated heterocycles. The van der Waals surface area contributed by atoms with Crippen LogP contribution in [0.3, 0.4) is 0 Å². The Morgan fingerprint density at radius 2 is 0.829 bits per heavy atom. The second-order valence-electron chi connectivity index (χ2n) is 17.9. The van der Waals surface area contributed by atoms with Gasteiger partial charge in [0.2, 0.25) is 0 Å². The highest BCUT2D eigenvalue weighted by Crippen LogP contribution is 2.43. The highest BCUT2D eigenvalue weighted by molar-refractivity contribution is 7.26. The molecule has 0 bridgehead atoms. The van der Waals surface area contributed by atoms with Crippen LogP contribution in [0.2, 0.25) is 0 Å². The first kappa shape index (κ1) is 39.3. The van der Waals surface area contributed by atoms with Gasteiger partial charge in [-0.15, -0.1) is 22.7 Å². The van der Waals surface area contributed by atoms with E-state index in [-0.39, 0.29) is 0 Å². The summed E-state index contributed by atoms with van der Waals surface area (Å²) in [4.78, 5) is 15.9. The molecule has 0 amide bonds. The molecule has 0 fully saturated rings. The molecule has 0 aliphatic rings. The highest BCUT2D eigenvalue weighted by atomic mass is 32.1. The van der Waals surface area contributed by atoms with Crippen LogP contribution in [0, 0.1) is 0 Å². The topological polar surface area (TPSA) is 56.7 Å². The van der Waals surface area contributed by atoms with Gasteiger partial charge in [0.1, 0.15) is 11.2 Å². The van der Waals surface area contributed by atoms with Crippen LogP contribution in [0.1, 0.15) is 0 Å². The number of furan rings is 1. The molecule has 326 valence electrons. The van der Waals surface area contributed by atoms with Gasteiger partial charge in [-0.25, -0.2) is 15.0 Å². The molecular weight excluding hydrogens is 893 g/mol.